The zero-order valence-corrected chi connectivity index (χ0v) is 29.4. The first-order valence-electron chi connectivity index (χ1n) is 17.3. The predicted octanol–water partition coefficient (Wildman–Crippen LogP) is 12.3. The maximum absolute atomic E-state index is 10.0. The summed E-state index contributed by atoms with van der Waals surface area (Å²) in [7, 11) is 0. The van der Waals surface area contributed by atoms with Crippen LogP contribution in [0.4, 0.5) is 11.4 Å². The van der Waals surface area contributed by atoms with Crippen LogP contribution < -0.4 is 4.90 Å². The summed E-state index contributed by atoms with van der Waals surface area (Å²) in [5, 5.41) is 12.2. The maximum Gasteiger partial charge on any atom is 0.137 e. The van der Waals surface area contributed by atoms with Crippen LogP contribution >= 0.6 is 0 Å². The van der Waals surface area contributed by atoms with Gasteiger partial charge in [-0.05, 0) is 86.2 Å². The lowest BCUT2D eigenvalue weighted by molar-refractivity contribution is 1.01. The van der Waals surface area contributed by atoms with Crippen molar-refractivity contribution >= 4 is 39.3 Å². The lowest BCUT2D eigenvalue weighted by atomic mass is 9.97. The average molecular weight is 662 g/mol. The molecule has 7 aromatic rings. The monoisotopic (exact) mass is 661 g/mol. The SMILES string of the molecule is C=C/C=C(\C=C)N1c2ccccc2-c2c(n(-c3ccc(-n4c(/C=C\C)c(C)c5ccccc54)nc3)c3ccc(C#N)cc23)-c2ccccc21.CC. The summed E-state index contributed by atoms with van der Waals surface area (Å²) in [4.78, 5) is 7.36. The van der Waals surface area contributed by atoms with Gasteiger partial charge in [-0.25, -0.2) is 4.98 Å². The Balaban J connectivity index is 0.00000200. The highest BCUT2D eigenvalue weighted by atomic mass is 15.2. The minimum atomic E-state index is 0.609. The van der Waals surface area contributed by atoms with Crippen LogP contribution in [0.25, 0.3) is 61.8 Å². The molecule has 3 aromatic heterocycles. The van der Waals surface area contributed by atoms with Gasteiger partial charge in [0.05, 0.1) is 57.3 Å². The molecule has 248 valence electrons. The number of rotatable bonds is 6. The minimum absolute atomic E-state index is 0.609. The molecule has 1 aliphatic rings. The summed E-state index contributed by atoms with van der Waals surface area (Å²) in [5.41, 5.74) is 13.1. The van der Waals surface area contributed by atoms with Crippen molar-refractivity contribution in [3.8, 4) is 40.0 Å². The van der Waals surface area contributed by atoms with Crippen molar-refractivity contribution in [2.75, 3.05) is 4.90 Å². The molecule has 0 atom stereocenters. The third-order valence-electron chi connectivity index (χ3n) is 9.38. The normalized spacial score (nSPS) is 12.1. The van der Waals surface area contributed by atoms with E-state index in [-0.39, 0.29) is 0 Å². The van der Waals surface area contributed by atoms with Crippen LogP contribution in [0.2, 0.25) is 0 Å². The molecule has 0 fully saturated rings. The van der Waals surface area contributed by atoms with E-state index in [0.29, 0.717) is 5.56 Å². The molecule has 0 saturated carbocycles. The largest absolute Gasteiger partial charge is 0.309 e. The molecule has 5 heteroatoms. The molecule has 0 saturated heterocycles. The number of aromatic nitrogens is 3. The van der Waals surface area contributed by atoms with Crippen molar-refractivity contribution in [2.24, 2.45) is 0 Å². The van der Waals surface area contributed by atoms with Crippen molar-refractivity contribution < 1.29 is 0 Å². The van der Waals surface area contributed by atoms with Crippen LogP contribution in [0.1, 0.15) is 37.6 Å². The summed E-state index contributed by atoms with van der Waals surface area (Å²) >= 11 is 0. The van der Waals surface area contributed by atoms with Crippen LogP contribution in [-0.2, 0) is 0 Å². The van der Waals surface area contributed by atoms with E-state index >= 15 is 0 Å². The Bertz CT molecular complexity index is 2570. The van der Waals surface area contributed by atoms with Crippen molar-refractivity contribution in [2.45, 2.75) is 27.7 Å². The summed E-state index contributed by atoms with van der Waals surface area (Å²) in [6.07, 6.45) is 11.8. The van der Waals surface area contributed by atoms with Crippen LogP contribution in [0.15, 0.2) is 152 Å². The van der Waals surface area contributed by atoms with Crippen LogP contribution in [0, 0.1) is 18.3 Å². The number of allylic oxidation sites excluding steroid dienone is 4. The van der Waals surface area contributed by atoms with E-state index in [4.69, 9.17) is 4.98 Å². The number of nitriles is 1. The molecule has 8 rings (SSSR count). The molecule has 0 bridgehead atoms. The van der Waals surface area contributed by atoms with Crippen molar-refractivity contribution in [1.82, 2.24) is 14.1 Å². The predicted molar refractivity (Wildman–Crippen MR) is 215 cm³/mol. The number of nitrogens with zero attached hydrogens (tertiary/aromatic N) is 5. The lowest BCUT2D eigenvalue weighted by Crippen LogP contribution is -2.16. The van der Waals surface area contributed by atoms with Crippen LogP contribution in [-0.4, -0.2) is 14.1 Å². The quantitative estimate of drug-likeness (QED) is 0.167. The van der Waals surface area contributed by atoms with E-state index in [1.807, 2.05) is 51.3 Å². The van der Waals surface area contributed by atoms with Gasteiger partial charge in [0.2, 0.25) is 0 Å². The second-order valence-corrected chi connectivity index (χ2v) is 12.0. The Morgan fingerprint density at radius 2 is 1.47 bits per heavy atom. The van der Waals surface area contributed by atoms with Gasteiger partial charge in [-0.1, -0.05) is 93.8 Å². The molecule has 0 unspecified atom stereocenters. The lowest BCUT2D eigenvalue weighted by Gasteiger charge is -2.28. The molecular formula is C46H39N5. The Kier molecular flexibility index (Phi) is 8.83. The van der Waals surface area contributed by atoms with Gasteiger partial charge in [-0.15, -0.1) is 0 Å². The molecule has 4 heterocycles. The number of benzene rings is 4. The highest BCUT2D eigenvalue weighted by molar-refractivity contribution is 6.12. The molecule has 0 spiro atoms. The highest BCUT2D eigenvalue weighted by Crippen LogP contribution is 2.53. The molecule has 51 heavy (non-hydrogen) atoms. The fraction of sp³-hybridized carbons (Fsp3) is 0.0870. The maximum atomic E-state index is 10.0. The van der Waals surface area contributed by atoms with Crippen LogP contribution in [0.3, 0.4) is 0 Å². The van der Waals surface area contributed by atoms with Gasteiger partial charge in [-0.2, -0.15) is 5.26 Å². The van der Waals surface area contributed by atoms with E-state index in [1.54, 1.807) is 6.08 Å². The minimum Gasteiger partial charge on any atom is -0.309 e. The number of fused-ring (bicyclic) bond motifs is 8. The zero-order chi connectivity index (χ0) is 35.6. The first kappa shape index (κ1) is 32.9. The molecule has 0 amide bonds. The fourth-order valence-corrected chi connectivity index (χ4v) is 7.34. The molecule has 0 aliphatic carbocycles. The first-order valence-corrected chi connectivity index (χ1v) is 17.3. The van der Waals surface area contributed by atoms with Crippen LogP contribution in [0.5, 0.6) is 0 Å². The standard InChI is InChI=1S/C44H33N5.C2H6/c1-5-14-31(7-3)47-39-20-12-9-17-34(39)43-36-26-30(27-45)22-24-41(36)48(44(43)35-18-10-13-21-40(35)47)32-23-25-42(46-28-32)49-37(15-6-2)29(4)33-16-8-11-19-38(33)49;1-2/h5-26,28H,1,3H2,2,4H3;1-2H3/b15-6-,31-14+;. The molecule has 1 aliphatic heterocycles. The van der Waals surface area contributed by atoms with Crippen molar-refractivity contribution in [3.63, 3.8) is 0 Å². The number of anilines is 2. The number of aryl methyl sites for hydroxylation is 1. The van der Waals surface area contributed by atoms with Gasteiger partial charge in [0.1, 0.15) is 5.82 Å². The Morgan fingerprint density at radius 1 is 0.784 bits per heavy atom. The third-order valence-corrected chi connectivity index (χ3v) is 9.38. The van der Waals surface area contributed by atoms with Crippen molar-refractivity contribution in [1.29, 1.82) is 5.26 Å². The second kappa shape index (κ2) is 13.7. The second-order valence-electron chi connectivity index (χ2n) is 12.0. The highest BCUT2D eigenvalue weighted by Gasteiger charge is 2.31. The summed E-state index contributed by atoms with van der Waals surface area (Å²) in [6, 6.07) is 37.9. The van der Waals surface area contributed by atoms with E-state index in [9.17, 15) is 5.26 Å². The summed E-state index contributed by atoms with van der Waals surface area (Å²) in [6.45, 7) is 16.4. The average Bonchev–Trinajstić information content (AvgIpc) is 3.62. The van der Waals surface area contributed by atoms with E-state index in [2.05, 4.69) is 143 Å². The molecule has 0 radical (unpaired) electrons. The van der Waals surface area contributed by atoms with Crippen molar-refractivity contribution in [3.05, 3.63) is 169 Å². The Hall–Kier alpha value is -6.64. The molecule has 5 nitrogen and oxygen atoms in total. The van der Waals surface area contributed by atoms with E-state index < -0.39 is 0 Å². The number of hydrogen-bond acceptors (Lipinski definition) is 3. The topological polar surface area (TPSA) is 49.8 Å². The third kappa shape index (κ3) is 5.21. The number of pyridine rings is 1. The van der Waals surface area contributed by atoms with Gasteiger partial charge < -0.3 is 9.47 Å². The molecule has 4 aromatic carbocycles. The Labute approximate surface area is 299 Å². The van der Waals surface area contributed by atoms with E-state index in [1.165, 1.54) is 10.9 Å². The summed E-state index contributed by atoms with van der Waals surface area (Å²) < 4.78 is 4.52. The summed E-state index contributed by atoms with van der Waals surface area (Å²) in [5.74, 6) is 0.845. The smallest absolute Gasteiger partial charge is 0.137 e. The van der Waals surface area contributed by atoms with Gasteiger partial charge in [0.15, 0.2) is 0 Å². The van der Waals surface area contributed by atoms with Gasteiger partial charge in [-0.3, -0.25) is 4.57 Å². The molecule has 0 N–H and O–H groups in total. The number of para-hydroxylation sites is 3. The molecular weight excluding hydrogens is 623 g/mol. The fourth-order valence-electron chi connectivity index (χ4n) is 7.34. The number of hydrogen-bond donors (Lipinski definition) is 0. The zero-order valence-electron chi connectivity index (χ0n) is 29.4. The van der Waals surface area contributed by atoms with Gasteiger partial charge in [0.25, 0.3) is 0 Å². The first-order chi connectivity index (χ1) is 25.1. The Morgan fingerprint density at radius 3 is 2.16 bits per heavy atom. The van der Waals surface area contributed by atoms with Gasteiger partial charge >= 0.3 is 0 Å². The van der Waals surface area contributed by atoms with E-state index in [0.717, 1.165) is 73.1 Å². The van der Waals surface area contributed by atoms with Gasteiger partial charge in [0, 0.05) is 33.2 Å².